The van der Waals surface area contributed by atoms with Gasteiger partial charge in [-0.15, -0.1) is 0 Å². The molecule has 0 aliphatic rings. The first-order valence-electron chi connectivity index (χ1n) is 5.79. The van der Waals surface area contributed by atoms with Crippen LogP contribution in [0.2, 0.25) is 5.02 Å². The number of halogens is 2. The summed E-state index contributed by atoms with van der Waals surface area (Å²) in [5.74, 6) is -1.95. The summed E-state index contributed by atoms with van der Waals surface area (Å²) in [6, 6.07) is 12.6. The van der Waals surface area contributed by atoms with Gasteiger partial charge < -0.3 is 5.11 Å². The van der Waals surface area contributed by atoms with E-state index in [4.69, 9.17) is 11.6 Å². The molecule has 0 radical (unpaired) electrons. The first kappa shape index (κ1) is 13.6. The third kappa shape index (κ3) is 3.55. The van der Waals surface area contributed by atoms with Gasteiger partial charge in [-0.25, -0.2) is 4.39 Å². The maximum absolute atomic E-state index is 12.8. The van der Waals surface area contributed by atoms with Crippen LogP contribution in [0.4, 0.5) is 4.39 Å². The predicted molar refractivity (Wildman–Crippen MR) is 71.9 cm³/mol. The Balaban J connectivity index is 2.26. The molecule has 0 amide bonds. The van der Waals surface area contributed by atoms with E-state index in [0.717, 1.165) is 5.56 Å². The Kier molecular flexibility index (Phi) is 4.17. The molecular weight excluding hydrogens is 267 g/mol. The van der Waals surface area contributed by atoms with Gasteiger partial charge in [-0.3, -0.25) is 4.79 Å². The topological polar surface area (TPSA) is 37.3 Å². The lowest BCUT2D eigenvalue weighted by Gasteiger charge is -2.13. The summed E-state index contributed by atoms with van der Waals surface area (Å²) >= 11 is 5.87. The second-order valence-corrected chi connectivity index (χ2v) is 4.71. The molecule has 0 fully saturated rings. The van der Waals surface area contributed by atoms with Gasteiger partial charge in [0.2, 0.25) is 0 Å². The van der Waals surface area contributed by atoms with Crippen LogP contribution < -0.4 is 0 Å². The van der Waals surface area contributed by atoms with Crippen LogP contribution in [0.5, 0.6) is 0 Å². The quantitative estimate of drug-likeness (QED) is 0.921. The van der Waals surface area contributed by atoms with Gasteiger partial charge in [0.1, 0.15) is 5.82 Å². The number of rotatable bonds is 4. The van der Waals surface area contributed by atoms with Crippen LogP contribution in [-0.2, 0) is 11.2 Å². The van der Waals surface area contributed by atoms with Gasteiger partial charge in [0, 0.05) is 5.02 Å². The Morgan fingerprint density at radius 3 is 2.47 bits per heavy atom. The van der Waals surface area contributed by atoms with E-state index in [1.54, 1.807) is 36.4 Å². The summed E-state index contributed by atoms with van der Waals surface area (Å²) in [6.07, 6.45) is 0.302. The zero-order valence-corrected chi connectivity index (χ0v) is 10.8. The Hall–Kier alpha value is -1.87. The van der Waals surface area contributed by atoms with E-state index in [2.05, 4.69) is 0 Å². The number of carbonyl (C=O) groups is 1. The predicted octanol–water partition coefficient (Wildman–Crippen LogP) is 3.89. The Morgan fingerprint density at radius 2 is 1.89 bits per heavy atom. The lowest BCUT2D eigenvalue weighted by atomic mass is 9.92. The van der Waals surface area contributed by atoms with Crippen LogP contribution in [0.3, 0.4) is 0 Å². The molecule has 1 atom stereocenters. The molecule has 0 saturated heterocycles. The van der Waals surface area contributed by atoms with E-state index < -0.39 is 11.9 Å². The average Bonchev–Trinajstić information content (AvgIpc) is 2.37. The SMILES string of the molecule is O=C(O)C(Cc1ccc(F)cc1)c1cccc(Cl)c1. The van der Waals surface area contributed by atoms with Gasteiger partial charge >= 0.3 is 5.97 Å². The van der Waals surface area contributed by atoms with Gasteiger partial charge in [-0.1, -0.05) is 35.9 Å². The molecule has 2 aromatic rings. The lowest BCUT2D eigenvalue weighted by Crippen LogP contribution is -2.14. The van der Waals surface area contributed by atoms with Gasteiger partial charge in [0.15, 0.2) is 0 Å². The number of aliphatic carboxylic acids is 1. The maximum atomic E-state index is 12.8. The molecule has 0 bridgehead atoms. The van der Waals surface area contributed by atoms with E-state index >= 15 is 0 Å². The van der Waals surface area contributed by atoms with E-state index in [1.165, 1.54) is 12.1 Å². The second-order valence-electron chi connectivity index (χ2n) is 4.28. The van der Waals surface area contributed by atoms with Gasteiger partial charge in [0.05, 0.1) is 5.92 Å². The molecule has 0 aromatic heterocycles. The van der Waals surface area contributed by atoms with Crippen LogP contribution in [0.25, 0.3) is 0 Å². The number of hydrogen-bond donors (Lipinski definition) is 1. The molecule has 0 saturated carbocycles. The van der Waals surface area contributed by atoms with Crippen molar-refractivity contribution in [3.05, 3.63) is 70.5 Å². The molecule has 2 nitrogen and oxygen atoms in total. The van der Waals surface area contributed by atoms with Crippen molar-refractivity contribution in [2.45, 2.75) is 12.3 Å². The normalized spacial score (nSPS) is 12.1. The number of carboxylic acids is 1. The van der Waals surface area contributed by atoms with Crippen LogP contribution in [0.1, 0.15) is 17.0 Å². The molecule has 1 N–H and O–H groups in total. The highest BCUT2D eigenvalue weighted by Gasteiger charge is 2.20. The molecule has 0 aliphatic carbocycles. The maximum Gasteiger partial charge on any atom is 0.311 e. The summed E-state index contributed by atoms with van der Waals surface area (Å²) in [5, 5.41) is 9.82. The van der Waals surface area contributed by atoms with Gasteiger partial charge in [-0.2, -0.15) is 0 Å². The average molecular weight is 279 g/mol. The van der Waals surface area contributed by atoms with Crippen LogP contribution in [0.15, 0.2) is 48.5 Å². The zero-order chi connectivity index (χ0) is 13.8. The third-order valence-electron chi connectivity index (χ3n) is 2.90. The molecular formula is C15H12ClFO2. The smallest absolute Gasteiger partial charge is 0.311 e. The Morgan fingerprint density at radius 1 is 1.21 bits per heavy atom. The minimum Gasteiger partial charge on any atom is -0.481 e. The monoisotopic (exact) mass is 278 g/mol. The molecule has 0 heterocycles. The third-order valence-corrected chi connectivity index (χ3v) is 3.14. The number of carboxylic acid groups (broad SMARTS) is 1. The van der Waals surface area contributed by atoms with Crippen molar-refractivity contribution in [3.8, 4) is 0 Å². The van der Waals surface area contributed by atoms with Crippen molar-refractivity contribution < 1.29 is 14.3 Å². The fraction of sp³-hybridized carbons (Fsp3) is 0.133. The highest BCUT2D eigenvalue weighted by atomic mass is 35.5. The minimum atomic E-state index is -0.924. The van der Waals surface area contributed by atoms with Gasteiger partial charge in [-0.05, 0) is 41.8 Å². The molecule has 19 heavy (non-hydrogen) atoms. The summed E-state index contributed by atoms with van der Waals surface area (Å²) in [6.45, 7) is 0. The van der Waals surface area contributed by atoms with Crippen molar-refractivity contribution >= 4 is 17.6 Å². The van der Waals surface area contributed by atoms with E-state index in [1.807, 2.05) is 0 Å². The molecule has 1 unspecified atom stereocenters. The zero-order valence-electron chi connectivity index (χ0n) is 10.0. The molecule has 4 heteroatoms. The fourth-order valence-corrected chi connectivity index (χ4v) is 2.13. The van der Waals surface area contributed by atoms with Crippen LogP contribution >= 0.6 is 11.6 Å². The van der Waals surface area contributed by atoms with Crippen molar-refractivity contribution in [1.82, 2.24) is 0 Å². The first-order valence-corrected chi connectivity index (χ1v) is 6.17. The highest BCUT2D eigenvalue weighted by Crippen LogP contribution is 2.24. The first-order chi connectivity index (χ1) is 9.06. The Labute approximate surface area is 115 Å². The highest BCUT2D eigenvalue weighted by molar-refractivity contribution is 6.30. The van der Waals surface area contributed by atoms with Gasteiger partial charge in [0.25, 0.3) is 0 Å². The summed E-state index contributed by atoms with van der Waals surface area (Å²) in [4.78, 5) is 11.4. The minimum absolute atomic E-state index is 0.302. The van der Waals surface area contributed by atoms with E-state index in [0.29, 0.717) is 17.0 Å². The van der Waals surface area contributed by atoms with Crippen molar-refractivity contribution in [3.63, 3.8) is 0 Å². The van der Waals surface area contributed by atoms with Crippen molar-refractivity contribution in [2.24, 2.45) is 0 Å². The molecule has 0 spiro atoms. The van der Waals surface area contributed by atoms with Crippen molar-refractivity contribution in [2.75, 3.05) is 0 Å². The van der Waals surface area contributed by atoms with Crippen LogP contribution in [-0.4, -0.2) is 11.1 Å². The molecule has 98 valence electrons. The molecule has 2 rings (SSSR count). The molecule has 0 aliphatic heterocycles. The van der Waals surface area contributed by atoms with Crippen molar-refractivity contribution in [1.29, 1.82) is 0 Å². The Bertz CT molecular complexity index is 581. The van der Waals surface area contributed by atoms with E-state index in [-0.39, 0.29) is 5.82 Å². The number of hydrogen-bond acceptors (Lipinski definition) is 1. The molecule has 2 aromatic carbocycles. The standard InChI is InChI=1S/C15H12ClFO2/c16-12-3-1-2-11(9-12)14(15(18)19)8-10-4-6-13(17)7-5-10/h1-7,9,14H,8H2,(H,18,19). The van der Waals surface area contributed by atoms with Crippen LogP contribution in [0, 0.1) is 5.82 Å². The summed E-state index contributed by atoms with van der Waals surface area (Å²) in [7, 11) is 0. The fourth-order valence-electron chi connectivity index (χ4n) is 1.93. The second kappa shape index (κ2) is 5.85. The lowest BCUT2D eigenvalue weighted by molar-refractivity contribution is -0.138. The van der Waals surface area contributed by atoms with E-state index in [9.17, 15) is 14.3 Å². The summed E-state index contributed by atoms with van der Waals surface area (Å²) in [5.41, 5.74) is 1.41. The largest absolute Gasteiger partial charge is 0.481 e. The summed E-state index contributed by atoms with van der Waals surface area (Å²) < 4.78 is 12.8. The number of benzene rings is 2.